The van der Waals surface area contributed by atoms with E-state index in [9.17, 15) is 19.3 Å². The molecule has 7 heteroatoms. The maximum absolute atomic E-state index is 13.0. The molecule has 0 fully saturated rings. The number of ether oxygens (including phenoxy) is 1. The molecular formula is C10H11FN2O4. The van der Waals surface area contributed by atoms with Gasteiger partial charge in [-0.05, 0) is 13.0 Å². The summed E-state index contributed by atoms with van der Waals surface area (Å²) in [5.74, 6) is -1.26. The van der Waals surface area contributed by atoms with E-state index in [4.69, 9.17) is 0 Å². The smallest absolute Gasteiger partial charge is 0.325 e. The number of nitro benzene ring substituents is 1. The Bertz CT molecular complexity index is 436. The molecule has 0 radical (unpaired) electrons. The maximum atomic E-state index is 13.0. The van der Waals surface area contributed by atoms with Crippen LogP contribution in [-0.2, 0) is 9.53 Å². The average molecular weight is 242 g/mol. The number of anilines is 1. The summed E-state index contributed by atoms with van der Waals surface area (Å²) in [4.78, 5) is 20.8. The van der Waals surface area contributed by atoms with Crippen LogP contribution in [0.25, 0.3) is 0 Å². The minimum atomic E-state index is -0.745. The van der Waals surface area contributed by atoms with E-state index in [1.807, 2.05) is 0 Å². The number of carbonyl (C=O) groups excluding carboxylic acids is 1. The molecule has 0 bridgehead atoms. The zero-order valence-electron chi connectivity index (χ0n) is 9.10. The summed E-state index contributed by atoms with van der Waals surface area (Å²) in [5.41, 5.74) is -0.221. The summed E-state index contributed by atoms with van der Waals surface area (Å²) in [6, 6.07) is 3.00. The van der Waals surface area contributed by atoms with Gasteiger partial charge in [-0.15, -0.1) is 0 Å². The number of hydrogen-bond acceptors (Lipinski definition) is 5. The van der Waals surface area contributed by atoms with Gasteiger partial charge in [0.05, 0.1) is 17.6 Å². The Hall–Kier alpha value is -2.18. The maximum Gasteiger partial charge on any atom is 0.325 e. The second-order valence-corrected chi connectivity index (χ2v) is 3.11. The van der Waals surface area contributed by atoms with Gasteiger partial charge in [-0.25, -0.2) is 4.39 Å². The number of halogens is 1. The zero-order valence-corrected chi connectivity index (χ0v) is 9.10. The quantitative estimate of drug-likeness (QED) is 0.483. The first-order chi connectivity index (χ1) is 8.02. The molecule has 0 aliphatic rings. The van der Waals surface area contributed by atoms with Crippen LogP contribution in [0.5, 0.6) is 0 Å². The summed E-state index contributed by atoms with van der Waals surface area (Å²) in [6.45, 7) is 1.73. The van der Waals surface area contributed by atoms with Gasteiger partial charge in [0.15, 0.2) is 0 Å². The van der Waals surface area contributed by atoms with Gasteiger partial charge >= 0.3 is 5.97 Å². The van der Waals surface area contributed by atoms with Crippen LogP contribution in [0, 0.1) is 15.9 Å². The van der Waals surface area contributed by atoms with E-state index in [2.05, 4.69) is 10.1 Å². The number of hydrogen-bond donors (Lipinski definition) is 1. The Balaban J connectivity index is 2.71. The molecule has 0 saturated heterocycles. The summed E-state index contributed by atoms with van der Waals surface area (Å²) < 4.78 is 17.6. The minimum Gasteiger partial charge on any atom is -0.465 e. The second-order valence-electron chi connectivity index (χ2n) is 3.11. The summed E-state index contributed by atoms with van der Waals surface area (Å²) >= 11 is 0. The largest absolute Gasteiger partial charge is 0.465 e. The lowest BCUT2D eigenvalue weighted by Gasteiger charge is -2.05. The van der Waals surface area contributed by atoms with Crippen LogP contribution >= 0.6 is 0 Å². The highest BCUT2D eigenvalue weighted by Crippen LogP contribution is 2.19. The molecule has 0 unspecified atom stereocenters. The molecule has 1 aromatic rings. The predicted molar refractivity (Wildman–Crippen MR) is 58.2 cm³/mol. The van der Waals surface area contributed by atoms with Crippen LogP contribution in [0.15, 0.2) is 18.2 Å². The molecule has 0 saturated carbocycles. The third-order valence-corrected chi connectivity index (χ3v) is 1.84. The fourth-order valence-corrected chi connectivity index (χ4v) is 1.17. The summed E-state index contributed by atoms with van der Waals surface area (Å²) in [7, 11) is 0. The van der Waals surface area contributed by atoms with Gasteiger partial charge in [0, 0.05) is 11.8 Å². The molecule has 0 aliphatic heterocycles. The topological polar surface area (TPSA) is 81.5 Å². The molecule has 0 atom stereocenters. The standard InChI is InChI=1S/C10H11FN2O4/c1-2-17-10(14)6-12-8-3-7(11)4-9(5-8)13(15)16/h3-5,12H,2,6H2,1H3. The van der Waals surface area contributed by atoms with Gasteiger partial charge < -0.3 is 10.1 Å². The predicted octanol–water partition coefficient (Wildman–Crippen LogP) is 1.71. The van der Waals surface area contributed by atoms with Gasteiger partial charge in [0.1, 0.15) is 12.4 Å². The lowest BCUT2D eigenvalue weighted by Crippen LogP contribution is -2.16. The van der Waals surface area contributed by atoms with Crippen molar-refractivity contribution >= 4 is 17.3 Å². The first-order valence-electron chi connectivity index (χ1n) is 4.87. The number of nitrogens with one attached hydrogen (secondary N) is 1. The third-order valence-electron chi connectivity index (χ3n) is 1.84. The number of non-ortho nitro benzene ring substituents is 1. The molecule has 0 aromatic heterocycles. The van der Waals surface area contributed by atoms with Gasteiger partial charge in [0.2, 0.25) is 0 Å². The van der Waals surface area contributed by atoms with E-state index in [0.29, 0.717) is 0 Å². The average Bonchev–Trinajstić information content (AvgIpc) is 2.26. The highest BCUT2D eigenvalue weighted by molar-refractivity contribution is 5.75. The Morgan fingerprint density at radius 3 is 2.82 bits per heavy atom. The van der Waals surface area contributed by atoms with Crippen molar-refractivity contribution < 1.29 is 18.8 Å². The van der Waals surface area contributed by atoms with Crippen LogP contribution in [0.4, 0.5) is 15.8 Å². The van der Waals surface area contributed by atoms with E-state index in [1.165, 1.54) is 0 Å². The van der Waals surface area contributed by atoms with E-state index < -0.39 is 16.7 Å². The van der Waals surface area contributed by atoms with E-state index in [-0.39, 0.29) is 24.5 Å². The summed E-state index contributed by atoms with van der Waals surface area (Å²) in [6.07, 6.45) is 0. The van der Waals surface area contributed by atoms with Crippen LogP contribution < -0.4 is 5.32 Å². The van der Waals surface area contributed by atoms with Crippen molar-refractivity contribution in [3.8, 4) is 0 Å². The minimum absolute atomic E-state index is 0.157. The van der Waals surface area contributed by atoms with Crippen molar-refractivity contribution in [3.63, 3.8) is 0 Å². The van der Waals surface area contributed by atoms with Crippen LogP contribution in [0.2, 0.25) is 0 Å². The molecule has 1 N–H and O–H groups in total. The lowest BCUT2D eigenvalue weighted by atomic mass is 10.2. The van der Waals surface area contributed by atoms with Gasteiger partial charge in [-0.2, -0.15) is 0 Å². The monoisotopic (exact) mass is 242 g/mol. The molecule has 1 aromatic carbocycles. The molecule has 0 aliphatic carbocycles. The Labute approximate surface area is 96.5 Å². The van der Waals surface area contributed by atoms with Crippen molar-refractivity contribution in [1.82, 2.24) is 0 Å². The second kappa shape index (κ2) is 5.78. The third kappa shape index (κ3) is 4.06. The Morgan fingerprint density at radius 2 is 2.24 bits per heavy atom. The van der Waals surface area contributed by atoms with Crippen molar-refractivity contribution in [2.45, 2.75) is 6.92 Å². The Morgan fingerprint density at radius 1 is 1.53 bits per heavy atom. The number of benzene rings is 1. The number of nitrogens with zero attached hydrogens (tertiary/aromatic N) is 1. The van der Waals surface area contributed by atoms with E-state index in [0.717, 1.165) is 18.2 Å². The SMILES string of the molecule is CCOC(=O)CNc1cc(F)cc([N+](=O)[O-])c1. The van der Waals surface area contributed by atoms with Crippen LogP contribution in [0.3, 0.4) is 0 Å². The van der Waals surface area contributed by atoms with Crippen molar-refractivity contribution in [1.29, 1.82) is 0 Å². The highest BCUT2D eigenvalue weighted by atomic mass is 19.1. The van der Waals surface area contributed by atoms with Gasteiger partial charge in [0.25, 0.3) is 5.69 Å². The molecule has 0 heterocycles. The van der Waals surface area contributed by atoms with Crippen LogP contribution in [0.1, 0.15) is 6.92 Å². The number of nitro groups is 1. The molecule has 92 valence electrons. The normalized spacial score (nSPS) is 9.76. The van der Waals surface area contributed by atoms with E-state index >= 15 is 0 Å². The van der Waals surface area contributed by atoms with E-state index in [1.54, 1.807) is 6.92 Å². The fourth-order valence-electron chi connectivity index (χ4n) is 1.17. The van der Waals surface area contributed by atoms with Crippen molar-refractivity contribution in [2.75, 3.05) is 18.5 Å². The zero-order chi connectivity index (χ0) is 12.8. The number of carbonyl (C=O) groups is 1. The van der Waals surface area contributed by atoms with Gasteiger partial charge in [-0.1, -0.05) is 0 Å². The molecule has 17 heavy (non-hydrogen) atoms. The molecule has 0 amide bonds. The molecule has 6 nitrogen and oxygen atoms in total. The summed E-state index contributed by atoms with van der Waals surface area (Å²) in [5, 5.41) is 13.0. The van der Waals surface area contributed by atoms with Gasteiger partial charge in [-0.3, -0.25) is 14.9 Å². The highest BCUT2D eigenvalue weighted by Gasteiger charge is 2.10. The first-order valence-corrected chi connectivity index (χ1v) is 4.87. The van der Waals surface area contributed by atoms with Crippen molar-refractivity contribution in [3.05, 3.63) is 34.1 Å². The molecular weight excluding hydrogens is 231 g/mol. The number of rotatable bonds is 5. The molecule has 1 rings (SSSR count). The van der Waals surface area contributed by atoms with Crippen molar-refractivity contribution in [2.24, 2.45) is 0 Å². The lowest BCUT2D eigenvalue weighted by molar-refractivity contribution is -0.385. The fraction of sp³-hybridized carbons (Fsp3) is 0.300. The molecule has 0 spiro atoms. The first kappa shape index (κ1) is 12.9. The van der Waals surface area contributed by atoms with Crippen LogP contribution in [-0.4, -0.2) is 24.0 Å². The number of esters is 1. The Kier molecular flexibility index (Phi) is 4.38.